The second-order valence-electron chi connectivity index (χ2n) is 6.95. The zero-order valence-corrected chi connectivity index (χ0v) is 17.5. The smallest absolute Gasteiger partial charge is 0.322 e. The summed E-state index contributed by atoms with van der Waals surface area (Å²) in [5.74, 6) is -1.33. The molecular weight excluding hydrogens is 439 g/mol. The molecule has 2 amide bonds. The minimum absolute atomic E-state index is 0.202. The number of amides is 2. The molecule has 0 spiro atoms. The number of benzene rings is 3. The Morgan fingerprint density at radius 2 is 1.59 bits per heavy atom. The van der Waals surface area contributed by atoms with E-state index in [2.05, 4.69) is 15.6 Å². The molecule has 1 aromatic heterocycles. The number of anilines is 2. The molecule has 1 heterocycles. The highest BCUT2D eigenvalue weighted by Gasteiger charge is 2.34. The zero-order chi connectivity index (χ0) is 22.9. The average Bonchev–Trinajstić information content (AvgIpc) is 3.12. The fraction of sp³-hybridized carbons (Fsp3) is 0.0870. The first-order valence-corrected chi connectivity index (χ1v) is 10.3. The summed E-state index contributed by atoms with van der Waals surface area (Å²) in [6.45, 7) is 1.90. The second-order valence-corrected chi connectivity index (χ2v) is 8.18. The molecule has 3 aromatic carbocycles. The Morgan fingerprint density at radius 3 is 2.38 bits per heavy atom. The van der Waals surface area contributed by atoms with Crippen LogP contribution >= 0.6 is 11.3 Å². The summed E-state index contributed by atoms with van der Waals surface area (Å²) in [5.41, 5.74) is 0.345. The van der Waals surface area contributed by atoms with Gasteiger partial charge >= 0.3 is 6.18 Å². The molecule has 0 unspecified atom stereocenters. The summed E-state index contributed by atoms with van der Waals surface area (Å²) in [4.78, 5) is 29.5. The fourth-order valence-electron chi connectivity index (χ4n) is 3.19. The van der Waals surface area contributed by atoms with E-state index in [9.17, 15) is 22.8 Å². The largest absolute Gasteiger partial charge is 0.417 e. The van der Waals surface area contributed by atoms with Crippen LogP contribution in [-0.2, 0) is 6.18 Å². The number of nitrogens with zero attached hydrogens (tertiary/aromatic N) is 1. The molecule has 4 aromatic rings. The van der Waals surface area contributed by atoms with E-state index in [0.29, 0.717) is 5.69 Å². The number of halogens is 3. The molecule has 162 valence electrons. The Labute approximate surface area is 184 Å². The van der Waals surface area contributed by atoms with Crippen LogP contribution in [0.4, 0.5) is 24.5 Å². The number of rotatable bonds is 4. The number of carbonyl (C=O) groups is 2. The van der Waals surface area contributed by atoms with E-state index in [1.165, 1.54) is 41.7 Å². The van der Waals surface area contributed by atoms with Crippen molar-refractivity contribution in [3.63, 3.8) is 0 Å². The number of fused-ring (bicyclic) bond motifs is 1. The average molecular weight is 455 g/mol. The lowest BCUT2D eigenvalue weighted by molar-refractivity contribution is -0.137. The van der Waals surface area contributed by atoms with Crippen molar-refractivity contribution in [1.29, 1.82) is 0 Å². The predicted molar refractivity (Wildman–Crippen MR) is 118 cm³/mol. The molecule has 0 aliphatic heterocycles. The lowest BCUT2D eigenvalue weighted by Gasteiger charge is -2.13. The molecule has 0 saturated heterocycles. The van der Waals surface area contributed by atoms with Crippen LogP contribution in [0.25, 0.3) is 10.2 Å². The van der Waals surface area contributed by atoms with Crippen molar-refractivity contribution in [2.75, 3.05) is 10.6 Å². The van der Waals surface area contributed by atoms with Crippen molar-refractivity contribution in [2.24, 2.45) is 0 Å². The van der Waals surface area contributed by atoms with Gasteiger partial charge in [-0.1, -0.05) is 18.2 Å². The van der Waals surface area contributed by atoms with Crippen LogP contribution in [0, 0.1) is 6.92 Å². The molecule has 32 heavy (non-hydrogen) atoms. The first kappa shape index (κ1) is 21.5. The minimum Gasteiger partial charge on any atom is -0.322 e. The molecule has 2 N–H and O–H groups in total. The summed E-state index contributed by atoms with van der Waals surface area (Å²) in [6, 6.07) is 15.9. The molecule has 0 radical (unpaired) electrons. The zero-order valence-electron chi connectivity index (χ0n) is 16.7. The van der Waals surface area contributed by atoms with E-state index in [0.717, 1.165) is 27.4 Å². The van der Waals surface area contributed by atoms with Gasteiger partial charge < -0.3 is 10.6 Å². The fourth-order valence-corrected chi connectivity index (χ4v) is 4.05. The third kappa shape index (κ3) is 4.62. The molecule has 0 bridgehead atoms. The lowest BCUT2D eigenvalue weighted by atomic mass is 10.1. The van der Waals surface area contributed by atoms with Crippen LogP contribution < -0.4 is 10.6 Å². The molecular formula is C23H16F3N3O2S. The summed E-state index contributed by atoms with van der Waals surface area (Å²) < 4.78 is 40.5. The van der Waals surface area contributed by atoms with Gasteiger partial charge in [0.25, 0.3) is 11.8 Å². The molecule has 0 aliphatic carbocycles. The monoisotopic (exact) mass is 455 g/mol. The van der Waals surface area contributed by atoms with Crippen LogP contribution in [0.3, 0.4) is 0 Å². The first-order chi connectivity index (χ1) is 15.2. The van der Waals surface area contributed by atoms with Crippen molar-refractivity contribution in [3.05, 3.63) is 88.4 Å². The number of thiazole rings is 1. The highest BCUT2D eigenvalue weighted by Crippen LogP contribution is 2.32. The predicted octanol–water partition coefficient (Wildman–Crippen LogP) is 6.13. The summed E-state index contributed by atoms with van der Waals surface area (Å²) in [5, 5.41) is 6.13. The quantitative estimate of drug-likeness (QED) is 0.389. The van der Waals surface area contributed by atoms with Crippen molar-refractivity contribution in [1.82, 2.24) is 4.98 Å². The van der Waals surface area contributed by atoms with Gasteiger partial charge in [0.15, 0.2) is 0 Å². The topological polar surface area (TPSA) is 71.1 Å². The maximum absolute atomic E-state index is 13.2. The van der Waals surface area contributed by atoms with Crippen LogP contribution in [0.2, 0.25) is 0 Å². The first-order valence-electron chi connectivity index (χ1n) is 9.47. The van der Waals surface area contributed by atoms with Crippen molar-refractivity contribution >= 4 is 44.7 Å². The van der Waals surface area contributed by atoms with Gasteiger partial charge in [0.1, 0.15) is 0 Å². The lowest BCUT2D eigenvalue weighted by Crippen LogP contribution is -2.19. The Hall–Kier alpha value is -3.72. The summed E-state index contributed by atoms with van der Waals surface area (Å²) in [6.07, 6.45) is -4.66. The van der Waals surface area contributed by atoms with E-state index in [-0.39, 0.29) is 11.3 Å². The van der Waals surface area contributed by atoms with Gasteiger partial charge in [-0.15, -0.1) is 11.3 Å². The third-order valence-corrected chi connectivity index (χ3v) is 5.55. The maximum Gasteiger partial charge on any atom is 0.417 e. The normalized spacial score (nSPS) is 11.4. The molecule has 0 atom stereocenters. The van der Waals surface area contributed by atoms with E-state index in [4.69, 9.17) is 0 Å². The molecule has 0 aliphatic rings. The SMILES string of the molecule is Cc1nc2ccc(NC(=O)c3cccc(NC(=O)c4ccccc4C(F)(F)F)c3)cc2s1. The van der Waals surface area contributed by atoms with Crippen LogP contribution in [-0.4, -0.2) is 16.8 Å². The van der Waals surface area contributed by atoms with Crippen LogP contribution in [0.1, 0.15) is 31.3 Å². The van der Waals surface area contributed by atoms with Crippen LogP contribution in [0.5, 0.6) is 0 Å². The van der Waals surface area contributed by atoms with Gasteiger partial charge in [-0.05, 0) is 55.5 Å². The molecule has 4 rings (SSSR count). The third-order valence-electron chi connectivity index (χ3n) is 4.61. The number of nitrogens with one attached hydrogen (secondary N) is 2. The highest BCUT2D eigenvalue weighted by atomic mass is 32.1. The van der Waals surface area contributed by atoms with E-state index < -0.39 is 29.1 Å². The van der Waals surface area contributed by atoms with Gasteiger partial charge in [0.2, 0.25) is 0 Å². The van der Waals surface area contributed by atoms with E-state index in [1.54, 1.807) is 12.1 Å². The Bertz CT molecular complexity index is 1330. The Kier molecular flexibility index (Phi) is 5.67. The van der Waals surface area contributed by atoms with Gasteiger partial charge in [-0.3, -0.25) is 9.59 Å². The van der Waals surface area contributed by atoms with E-state index >= 15 is 0 Å². The van der Waals surface area contributed by atoms with Crippen LogP contribution in [0.15, 0.2) is 66.7 Å². The van der Waals surface area contributed by atoms with Crippen molar-refractivity contribution in [3.8, 4) is 0 Å². The standard InChI is InChI=1S/C23H16F3N3O2S/c1-13-27-19-10-9-16(12-20(19)32-13)28-21(30)14-5-4-6-15(11-14)29-22(31)17-7-2-3-8-18(17)23(24,25)26/h2-12H,1H3,(H,28,30)(H,29,31). The van der Waals surface area contributed by atoms with Gasteiger partial charge in [-0.25, -0.2) is 4.98 Å². The summed E-state index contributed by atoms with van der Waals surface area (Å²) in [7, 11) is 0. The van der Waals surface area contributed by atoms with Gasteiger partial charge in [-0.2, -0.15) is 13.2 Å². The Balaban J connectivity index is 1.52. The Morgan fingerprint density at radius 1 is 0.875 bits per heavy atom. The van der Waals surface area contributed by atoms with Crippen molar-refractivity contribution < 1.29 is 22.8 Å². The molecule has 9 heteroatoms. The molecule has 0 saturated carbocycles. The highest BCUT2D eigenvalue weighted by molar-refractivity contribution is 7.18. The number of alkyl halides is 3. The van der Waals surface area contributed by atoms with Gasteiger partial charge in [0, 0.05) is 16.9 Å². The van der Waals surface area contributed by atoms with Crippen molar-refractivity contribution in [2.45, 2.75) is 13.1 Å². The molecule has 5 nitrogen and oxygen atoms in total. The van der Waals surface area contributed by atoms with Gasteiger partial charge in [0.05, 0.1) is 26.4 Å². The number of aryl methyl sites for hydroxylation is 1. The number of carbonyl (C=O) groups excluding carboxylic acids is 2. The molecule has 0 fully saturated rings. The van der Waals surface area contributed by atoms with E-state index in [1.807, 2.05) is 19.1 Å². The number of hydrogen-bond acceptors (Lipinski definition) is 4. The number of aromatic nitrogens is 1. The maximum atomic E-state index is 13.2. The minimum atomic E-state index is -4.66. The second kappa shape index (κ2) is 8.43. The number of hydrogen-bond donors (Lipinski definition) is 2. The summed E-state index contributed by atoms with van der Waals surface area (Å²) >= 11 is 1.51.